The fraction of sp³-hybridized carbons (Fsp3) is 1.00. The van der Waals surface area contributed by atoms with E-state index in [2.05, 4.69) is 0 Å². The molecule has 0 aromatic heterocycles. The normalized spacial score (nSPS) is 12.5. The minimum atomic E-state index is -0.366. The summed E-state index contributed by atoms with van der Waals surface area (Å²) < 4.78 is 0. The van der Waals surface area contributed by atoms with Gasteiger partial charge in [0.05, 0.1) is 0 Å². The molecule has 0 aliphatic rings. The Labute approximate surface area is 50.4 Å². The van der Waals surface area contributed by atoms with Crippen LogP contribution in [0.1, 0.15) is 13.3 Å². The van der Waals surface area contributed by atoms with Gasteiger partial charge in [-0.1, -0.05) is 19.5 Å². The van der Waals surface area contributed by atoms with Crippen LogP contribution in [-0.2, 0) is 0 Å². The van der Waals surface area contributed by atoms with Crippen LogP contribution in [0.15, 0.2) is 0 Å². The van der Waals surface area contributed by atoms with Gasteiger partial charge >= 0.3 is 18.9 Å². The van der Waals surface area contributed by atoms with E-state index in [1.54, 1.807) is 0 Å². The molecule has 0 heterocycles. The predicted octanol–water partition coefficient (Wildman–Crippen LogP) is -2.26. The SMILES string of the molecule is CCC([NH-])N.[Li+]. The van der Waals surface area contributed by atoms with Gasteiger partial charge in [-0.2, -0.15) is 0 Å². The van der Waals surface area contributed by atoms with E-state index in [4.69, 9.17) is 11.5 Å². The van der Waals surface area contributed by atoms with Crippen molar-refractivity contribution in [2.45, 2.75) is 19.5 Å². The van der Waals surface area contributed by atoms with Crippen molar-refractivity contribution in [1.29, 1.82) is 0 Å². The van der Waals surface area contributed by atoms with Gasteiger partial charge in [-0.05, 0) is 0 Å². The molecule has 0 aromatic carbocycles. The largest absolute Gasteiger partial charge is 1.00 e. The monoisotopic (exact) mass is 80.1 g/mol. The summed E-state index contributed by atoms with van der Waals surface area (Å²) in [6.07, 6.45) is 0.384. The Kier molecular flexibility index (Phi) is 8.94. The van der Waals surface area contributed by atoms with Gasteiger partial charge < -0.3 is 11.5 Å². The molecule has 1 unspecified atom stereocenters. The molecule has 0 saturated heterocycles. The Morgan fingerprint density at radius 2 is 2.00 bits per heavy atom. The van der Waals surface area contributed by atoms with Gasteiger partial charge in [0.25, 0.3) is 0 Å². The maximum Gasteiger partial charge on any atom is 1.00 e. The average molecular weight is 80.1 g/mol. The summed E-state index contributed by atoms with van der Waals surface area (Å²) in [4.78, 5) is 0. The Morgan fingerprint density at radius 3 is 2.00 bits per heavy atom. The van der Waals surface area contributed by atoms with Crippen LogP contribution in [0.25, 0.3) is 5.73 Å². The van der Waals surface area contributed by atoms with Crippen LogP contribution in [0.4, 0.5) is 0 Å². The second-order valence-electron chi connectivity index (χ2n) is 1.01. The number of nitrogens with two attached hydrogens (primary N) is 1. The van der Waals surface area contributed by atoms with Gasteiger partial charge in [0.2, 0.25) is 0 Å². The van der Waals surface area contributed by atoms with Crippen LogP contribution >= 0.6 is 0 Å². The summed E-state index contributed by atoms with van der Waals surface area (Å²) >= 11 is 0. The van der Waals surface area contributed by atoms with Crippen LogP contribution in [0.5, 0.6) is 0 Å². The van der Waals surface area contributed by atoms with Crippen molar-refractivity contribution in [2.75, 3.05) is 0 Å². The predicted molar refractivity (Wildman–Crippen MR) is 22.6 cm³/mol. The molecule has 0 bridgehead atoms. The Bertz CT molecular complexity index is 22.8. The van der Waals surface area contributed by atoms with Crippen molar-refractivity contribution in [1.82, 2.24) is 0 Å². The van der Waals surface area contributed by atoms with Crippen LogP contribution < -0.4 is 24.6 Å². The fourth-order valence-electron chi connectivity index (χ4n) is 0. The molecule has 0 fully saturated rings. The molecule has 0 rings (SSSR count). The van der Waals surface area contributed by atoms with E-state index in [0.29, 0.717) is 0 Å². The topological polar surface area (TPSA) is 49.8 Å². The second-order valence-corrected chi connectivity index (χ2v) is 1.01. The van der Waals surface area contributed by atoms with E-state index in [0.717, 1.165) is 6.42 Å². The average Bonchev–Trinajstić information content (AvgIpc) is 1.38. The maximum atomic E-state index is 6.60. The second kappa shape index (κ2) is 5.52. The number of hydrogen-bond acceptors (Lipinski definition) is 1. The molecule has 3 N–H and O–H groups in total. The first kappa shape index (κ1) is 9.72. The first-order chi connectivity index (χ1) is 2.27. The third-order valence-corrected chi connectivity index (χ3v) is 0.440. The zero-order valence-corrected chi connectivity index (χ0v) is 4.36. The van der Waals surface area contributed by atoms with Gasteiger partial charge in [0.15, 0.2) is 0 Å². The smallest absolute Gasteiger partial charge is 0.663 e. The van der Waals surface area contributed by atoms with E-state index in [9.17, 15) is 0 Å². The van der Waals surface area contributed by atoms with Crippen molar-refractivity contribution in [2.24, 2.45) is 5.73 Å². The van der Waals surface area contributed by atoms with E-state index in [1.165, 1.54) is 0 Å². The molecule has 0 amide bonds. The summed E-state index contributed by atoms with van der Waals surface area (Å²) in [6, 6.07) is 0. The maximum absolute atomic E-state index is 6.60. The standard InChI is InChI=1S/C3H9N2.Li/c1-2-3(4)5;/h3-4H,2,5H2,1H3;/q-1;+1. The number of hydrogen-bond donors (Lipinski definition) is 1. The van der Waals surface area contributed by atoms with Gasteiger partial charge in [-0.3, -0.25) is 0 Å². The van der Waals surface area contributed by atoms with E-state index in [-0.39, 0.29) is 25.0 Å². The molecule has 0 aromatic rings. The minimum Gasteiger partial charge on any atom is -0.663 e. The van der Waals surface area contributed by atoms with Gasteiger partial charge in [-0.15, -0.1) is 0 Å². The van der Waals surface area contributed by atoms with Crippen molar-refractivity contribution < 1.29 is 18.9 Å². The molecular formula is C3H9LiN2. The molecule has 2 nitrogen and oxygen atoms in total. The number of nitrogens with one attached hydrogen (secondary N) is 1. The molecule has 3 heteroatoms. The zero-order chi connectivity index (χ0) is 4.28. The summed E-state index contributed by atoms with van der Waals surface area (Å²) in [6.45, 7) is 1.89. The van der Waals surface area contributed by atoms with Gasteiger partial charge in [-0.25, -0.2) is 0 Å². The third kappa shape index (κ3) is 8.82. The van der Waals surface area contributed by atoms with Crippen LogP contribution in [0.3, 0.4) is 0 Å². The molecular weight excluding hydrogens is 71.0 g/mol. The van der Waals surface area contributed by atoms with E-state index >= 15 is 0 Å². The fourth-order valence-corrected chi connectivity index (χ4v) is 0. The summed E-state index contributed by atoms with van der Waals surface area (Å²) in [5, 5.41) is 0. The van der Waals surface area contributed by atoms with Crippen molar-refractivity contribution in [3.8, 4) is 0 Å². The van der Waals surface area contributed by atoms with Crippen molar-refractivity contribution in [3.05, 3.63) is 5.73 Å². The third-order valence-electron chi connectivity index (χ3n) is 0.440. The molecule has 0 aliphatic carbocycles. The number of rotatable bonds is 1. The van der Waals surface area contributed by atoms with E-state index in [1.807, 2.05) is 6.92 Å². The van der Waals surface area contributed by atoms with Crippen LogP contribution in [0, 0.1) is 0 Å². The Balaban J connectivity index is 0. The van der Waals surface area contributed by atoms with Crippen molar-refractivity contribution in [3.63, 3.8) is 0 Å². The minimum absolute atomic E-state index is 0. The quantitative estimate of drug-likeness (QED) is 0.355. The Morgan fingerprint density at radius 1 is 1.83 bits per heavy atom. The summed E-state index contributed by atoms with van der Waals surface area (Å²) in [7, 11) is 0. The molecule has 0 radical (unpaired) electrons. The van der Waals surface area contributed by atoms with Gasteiger partial charge in [0.1, 0.15) is 0 Å². The van der Waals surface area contributed by atoms with Crippen LogP contribution in [0.2, 0.25) is 0 Å². The molecule has 0 saturated carbocycles. The first-order valence-electron chi connectivity index (χ1n) is 1.74. The molecule has 32 valence electrons. The first-order valence-corrected chi connectivity index (χ1v) is 1.74. The van der Waals surface area contributed by atoms with Crippen LogP contribution in [-0.4, -0.2) is 6.17 Å². The molecule has 1 atom stereocenters. The van der Waals surface area contributed by atoms with E-state index < -0.39 is 0 Å². The molecule has 0 aliphatic heterocycles. The Hall–Kier alpha value is 0.517. The molecule has 6 heavy (non-hydrogen) atoms. The summed E-state index contributed by atoms with van der Waals surface area (Å²) in [5.41, 5.74) is 11.6. The zero-order valence-electron chi connectivity index (χ0n) is 4.36. The molecule has 0 spiro atoms. The van der Waals surface area contributed by atoms with Crippen molar-refractivity contribution >= 4 is 0 Å². The summed E-state index contributed by atoms with van der Waals surface area (Å²) in [5.74, 6) is 0. The van der Waals surface area contributed by atoms with Gasteiger partial charge in [0, 0.05) is 0 Å².